The predicted octanol–water partition coefficient (Wildman–Crippen LogP) is 0.234. The average Bonchev–Trinajstić information content (AvgIpc) is 2.36. The van der Waals surface area contributed by atoms with Gasteiger partial charge in [0.15, 0.2) is 0 Å². The van der Waals surface area contributed by atoms with E-state index in [4.69, 9.17) is 4.55 Å². The van der Waals surface area contributed by atoms with Crippen LogP contribution in [0.2, 0.25) is 0 Å². The van der Waals surface area contributed by atoms with Crippen LogP contribution in [0, 0.1) is 25.1 Å². The summed E-state index contributed by atoms with van der Waals surface area (Å²) < 4.78 is 23.3. The Morgan fingerprint density at radius 3 is 2.10 bits per heavy atom. The van der Waals surface area contributed by atoms with Crippen molar-refractivity contribution in [2.75, 3.05) is 0 Å². The maximum Gasteiger partial charge on any atom is 0.376 e. The van der Waals surface area contributed by atoms with Gasteiger partial charge in [0.1, 0.15) is 6.07 Å². The summed E-state index contributed by atoms with van der Waals surface area (Å²) in [6, 6.07) is 0.963. The van der Waals surface area contributed by atoms with E-state index in [1.165, 1.54) is 0 Å². The van der Waals surface area contributed by atoms with E-state index in [0.717, 1.165) is 0 Å². The standard InChI is InChI=1S/C6H4N4O9S/c7-19-10(15)5-2-3(8(11)12)1-4(9(13)14)6(5)18-20(16)17/h1-2H,7H2/p+1. The van der Waals surface area contributed by atoms with Crippen LogP contribution in [0.25, 0.3) is 0 Å². The molecule has 1 atom stereocenters. The van der Waals surface area contributed by atoms with E-state index < -0.39 is 48.9 Å². The Balaban J connectivity index is 3.65. The molecule has 3 N–H and O–H groups in total. The largest absolute Gasteiger partial charge is 0.376 e. The van der Waals surface area contributed by atoms with Crippen molar-refractivity contribution in [3.63, 3.8) is 0 Å². The van der Waals surface area contributed by atoms with Crippen molar-refractivity contribution in [3.8, 4) is 5.75 Å². The fraction of sp³-hybridized carbons (Fsp3) is 0. The maximum absolute atomic E-state index is 11.2. The molecule has 0 radical (unpaired) electrons. The third kappa shape index (κ3) is 3.19. The molecule has 0 fully saturated rings. The summed E-state index contributed by atoms with van der Waals surface area (Å²) in [4.78, 5) is 33.6. The molecule has 1 aromatic rings. The van der Waals surface area contributed by atoms with E-state index in [2.05, 4.69) is 15.0 Å². The van der Waals surface area contributed by atoms with Gasteiger partial charge >= 0.3 is 28.5 Å². The highest BCUT2D eigenvalue weighted by atomic mass is 32.2. The molecule has 1 rings (SSSR count). The molecule has 1 aromatic carbocycles. The van der Waals surface area contributed by atoms with E-state index in [9.17, 15) is 29.3 Å². The lowest BCUT2D eigenvalue weighted by atomic mass is 10.2. The minimum absolute atomic E-state index is 0.441. The molecule has 0 amide bonds. The second kappa shape index (κ2) is 5.95. The van der Waals surface area contributed by atoms with Gasteiger partial charge in [-0.05, 0) is 0 Å². The first kappa shape index (κ1) is 15.3. The molecule has 0 aliphatic heterocycles. The fourth-order valence-electron chi connectivity index (χ4n) is 1.17. The maximum atomic E-state index is 11.2. The van der Waals surface area contributed by atoms with Crippen molar-refractivity contribution in [3.05, 3.63) is 37.3 Å². The molecule has 13 nitrogen and oxygen atoms in total. The minimum atomic E-state index is -3.03. The Morgan fingerprint density at radius 2 is 1.70 bits per heavy atom. The number of nitro benzene ring substituents is 2. The monoisotopic (exact) mass is 309 g/mol. The van der Waals surface area contributed by atoms with E-state index in [1.807, 2.05) is 0 Å². The van der Waals surface area contributed by atoms with Gasteiger partial charge in [-0.25, -0.2) is 0 Å². The van der Waals surface area contributed by atoms with Gasteiger partial charge in [-0.15, -0.1) is 4.94 Å². The van der Waals surface area contributed by atoms with Crippen molar-refractivity contribution in [2.24, 2.45) is 5.90 Å². The van der Waals surface area contributed by atoms with Crippen LogP contribution >= 0.6 is 0 Å². The Morgan fingerprint density at radius 1 is 1.15 bits per heavy atom. The Kier molecular flexibility index (Phi) is 4.57. The highest BCUT2D eigenvalue weighted by Crippen LogP contribution is 2.40. The number of rotatable bonds is 6. The molecule has 0 aliphatic rings. The van der Waals surface area contributed by atoms with Gasteiger partial charge < -0.3 is 4.18 Å². The first-order valence-electron chi connectivity index (χ1n) is 4.38. The average molecular weight is 309 g/mol. The van der Waals surface area contributed by atoms with Crippen LogP contribution in [0.4, 0.5) is 17.1 Å². The van der Waals surface area contributed by atoms with E-state index >= 15 is 0 Å². The third-order valence-corrected chi connectivity index (χ3v) is 2.20. The van der Waals surface area contributed by atoms with Gasteiger partial charge in [-0.1, -0.05) is 5.90 Å². The summed E-state index contributed by atoms with van der Waals surface area (Å²) in [7, 11) is 0. The Bertz CT molecular complexity index is 617. The molecule has 0 heterocycles. The zero-order valence-corrected chi connectivity index (χ0v) is 10.0. The van der Waals surface area contributed by atoms with Crippen LogP contribution in [-0.4, -0.2) is 23.5 Å². The molecule has 20 heavy (non-hydrogen) atoms. The van der Waals surface area contributed by atoms with E-state index in [0.29, 0.717) is 12.1 Å². The first-order valence-corrected chi connectivity index (χ1v) is 5.41. The Hall–Kier alpha value is -2.71. The zero-order valence-electron chi connectivity index (χ0n) is 9.20. The predicted molar refractivity (Wildman–Crippen MR) is 59.7 cm³/mol. The van der Waals surface area contributed by atoms with Crippen LogP contribution in [-0.2, 0) is 16.3 Å². The summed E-state index contributed by atoms with van der Waals surface area (Å²) in [5.41, 5.74) is -2.86. The van der Waals surface area contributed by atoms with Crippen molar-refractivity contribution in [1.29, 1.82) is 0 Å². The lowest BCUT2D eigenvalue weighted by Gasteiger charge is -2.01. The number of nitrogens with zero attached hydrogens (tertiary/aromatic N) is 3. The van der Waals surface area contributed by atoms with Gasteiger partial charge in [0.05, 0.1) is 20.8 Å². The van der Waals surface area contributed by atoms with Crippen molar-refractivity contribution in [2.45, 2.75) is 0 Å². The normalized spacial score (nSPS) is 11.5. The number of nitrogens with two attached hydrogens (primary N) is 1. The van der Waals surface area contributed by atoms with Crippen LogP contribution in [0.15, 0.2) is 12.1 Å². The lowest BCUT2D eigenvalue weighted by molar-refractivity contribution is -0.749. The summed E-state index contributed by atoms with van der Waals surface area (Å²) in [6.07, 6.45) is 0. The van der Waals surface area contributed by atoms with Gasteiger partial charge in [0.2, 0.25) is 0 Å². The highest BCUT2D eigenvalue weighted by Gasteiger charge is 2.37. The van der Waals surface area contributed by atoms with E-state index in [-0.39, 0.29) is 0 Å². The molecule has 0 saturated carbocycles. The number of benzene rings is 1. The van der Waals surface area contributed by atoms with Gasteiger partial charge in [-0.2, -0.15) is 4.21 Å². The number of hydrogen-bond donors (Lipinski definition) is 2. The third-order valence-electron chi connectivity index (χ3n) is 1.89. The lowest BCUT2D eigenvalue weighted by Crippen LogP contribution is -2.12. The van der Waals surface area contributed by atoms with Gasteiger partial charge in [-0.3, -0.25) is 24.8 Å². The van der Waals surface area contributed by atoms with Gasteiger partial charge in [0.25, 0.3) is 10.6 Å². The second-order valence-electron chi connectivity index (χ2n) is 2.99. The van der Waals surface area contributed by atoms with Crippen LogP contribution in [0.5, 0.6) is 5.75 Å². The summed E-state index contributed by atoms with van der Waals surface area (Å²) in [5, 5.41) is 21.4. The topological polar surface area (TPSA) is 188 Å². The number of non-ortho nitro benzene ring substituents is 1. The Labute approximate surface area is 111 Å². The molecular formula is C6H5N4O9S+. The highest BCUT2D eigenvalue weighted by molar-refractivity contribution is 7.74. The van der Waals surface area contributed by atoms with Crippen molar-refractivity contribution < 1.29 is 32.7 Å². The minimum Gasteiger partial charge on any atom is -0.365 e. The molecule has 0 spiro atoms. The van der Waals surface area contributed by atoms with E-state index in [1.54, 1.807) is 0 Å². The SMILES string of the molecule is NO[N+](=O)c1cc([N+](=O)[O-])cc([N+](=O)[O-])c1OS(=O)O. The quantitative estimate of drug-likeness (QED) is 0.418. The van der Waals surface area contributed by atoms with Crippen LogP contribution in [0.3, 0.4) is 0 Å². The molecule has 0 aromatic heterocycles. The summed E-state index contributed by atoms with van der Waals surface area (Å²) >= 11 is -3.03. The molecule has 108 valence electrons. The van der Waals surface area contributed by atoms with Crippen molar-refractivity contribution in [1.82, 2.24) is 0 Å². The first-order chi connectivity index (χ1) is 9.27. The zero-order chi connectivity index (χ0) is 15.4. The summed E-state index contributed by atoms with van der Waals surface area (Å²) in [5.74, 6) is 3.52. The molecule has 0 bridgehead atoms. The molecule has 14 heteroatoms. The van der Waals surface area contributed by atoms with Crippen LogP contribution in [0.1, 0.15) is 0 Å². The number of hydrogen-bond acceptors (Lipinski definition) is 9. The molecule has 0 saturated heterocycles. The smallest absolute Gasteiger partial charge is 0.365 e. The molecule has 0 aliphatic carbocycles. The van der Waals surface area contributed by atoms with Crippen LogP contribution < -0.4 is 10.1 Å². The fourth-order valence-corrected chi connectivity index (χ4v) is 1.49. The van der Waals surface area contributed by atoms with Gasteiger partial charge in [0, 0.05) is 0 Å². The number of nitro groups is 2. The molecular weight excluding hydrogens is 304 g/mol. The second-order valence-corrected chi connectivity index (χ2v) is 3.59. The van der Waals surface area contributed by atoms with Crippen molar-refractivity contribution >= 4 is 28.4 Å². The summed E-state index contributed by atoms with van der Waals surface area (Å²) in [6.45, 7) is 0. The molecule has 1 unspecified atom stereocenters.